The number of halogens is 3. The Morgan fingerprint density at radius 3 is 2.62 bits per heavy atom. The molecule has 0 atom stereocenters. The number of nitrogens with zero attached hydrogens (tertiary/aromatic N) is 3. The van der Waals surface area contributed by atoms with Gasteiger partial charge in [0.2, 0.25) is 0 Å². The van der Waals surface area contributed by atoms with Crippen LogP contribution in [0.5, 0.6) is 0 Å². The van der Waals surface area contributed by atoms with Gasteiger partial charge in [0.05, 0.1) is 0 Å². The van der Waals surface area contributed by atoms with Crippen molar-refractivity contribution in [1.82, 2.24) is 15.0 Å². The van der Waals surface area contributed by atoms with Crippen LogP contribution in [-0.2, 0) is 6.18 Å². The van der Waals surface area contributed by atoms with Gasteiger partial charge in [0.25, 0.3) is 0 Å². The van der Waals surface area contributed by atoms with Crippen molar-refractivity contribution in [3.63, 3.8) is 0 Å². The Morgan fingerprint density at radius 2 is 2.04 bits per heavy atom. The molecule has 2 N–H and O–H groups in total. The first-order valence-corrected chi connectivity index (χ1v) is 7.63. The summed E-state index contributed by atoms with van der Waals surface area (Å²) < 4.78 is 39.3. The summed E-state index contributed by atoms with van der Waals surface area (Å²) >= 11 is 0. The highest BCUT2D eigenvalue weighted by atomic mass is 19.4. The molecule has 2 aromatic rings. The molecule has 1 aliphatic carbocycles. The van der Waals surface area contributed by atoms with Gasteiger partial charge in [0.1, 0.15) is 5.82 Å². The normalized spacial score (nSPS) is 16.0. The average molecular weight is 338 g/mol. The molecule has 0 radical (unpaired) electrons. The second-order valence-electron chi connectivity index (χ2n) is 6.03. The fourth-order valence-electron chi connectivity index (χ4n) is 2.51. The third-order valence-electron chi connectivity index (χ3n) is 4.18. The number of pyridine rings is 1. The standard InChI is InChI=1S/C16H17F3N4O/c17-16(18,19)12-8-13(21-10-15(3-4-15)5-7-24)23-14(22-12)11-2-1-6-20-9-11/h1-2,6,8-9,24H,3-5,7,10H2,(H,21,22,23). The minimum atomic E-state index is -4.56. The van der Waals surface area contributed by atoms with Gasteiger partial charge >= 0.3 is 6.18 Å². The lowest BCUT2D eigenvalue weighted by atomic mass is 10.0. The molecule has 0 amide bonds. The molecule has 8 heteroatoms. The van der Waals surface area contributed by atoms with E-state index < -0.39 is 11.9 Å². The Hall–Kier alpha value is -2.22. The van der Waals surface area contributed by atoms with E-state index in [9.17, 15) is 13.2 Å². The molecule has 1 fully saturated rings. The highest BCUT2D eigenvalue weighted by Crippen LogP contribution is 2.48. The van der Waals surface area contributed by atoms with Crippen LogP contribution in [0.25, 0.3) is 11.4 Å². The predicted molar refractivity (Wildman–Crippen MR) is 82.1 cm³/mol. The lowest BCUT2D eigenvalue weighted by molar-refractivity contribution is -0.141. The van der Waals surface area contributed by atoms with Gasteiger partial charge < -0.3 is 10.4 Å². The van der Waals surface area contributed by atoms with Crippen LogP contribution in [0.2, 0.25) is 0 Å². The van der Waals surface area contributed by atoms with Gasteiger partial charge in [-0.2, -0.15) is 13.2 Å². The molecule has 2 aromatic heterocycles. The summed E-state index contributed by atoms with van der Waals surface area (Å²) in [5.74, 6) is 0.104. The largest absolute Gasteiger partial charge is 0.433 e. The Balaban J connectivity index is 1.88. The molecule has 2 heterocycles. The highest BCUT2D eigenvalue weighted by molar-refractivity contribution is 5.56. The molecule has 0 aromatic carbocycles. The van der Waals surface area contributed by atoms with Crippen LogP contribution in [0, 0.1) is 5.41 Å². The van der Waals surface area contributed by atoms with Crippen molar-refractivity contribution in [2.24, 2.45) is 5.41 Å². The highest BCUT2D eigenvalue weighted by Gasteiger charge is 2.41. The minimum Gasteiger partial charge on any atom is -0.396 e. The fraction of sp³-hybridized carbons (Fsp3) is 0.438. The number of hydrogen-bond donors (Lipinski definition) is 2. The zero-order valence-electron chi connectivity index (χ0n) is 12.8. The predicted octanol–water partition coefficient (Wildman–Crippen LogP) is 3.13. The summed E-state index contributed by atoms with van der Waals surface area (Å²) in [6.07, 6.45) is 0.932. The van der Waals surface area contributed by atoms with E-state index in [4.69, 9.17) is 5.11 Å². The van der Waals surface area contributed by atoms with Crippen molar-refractivity contribution in [2.75, 3.05) is 18.5 Å². The second kappa shape index (κ2) is 6.35. The molecule has 1 saturated carbocycles. The second-order valence-corrected chi connectivity index (χ2v) is 6.03. The first-order valence-electron chi connectivity index (χ1n) is 7.63. The molecular weight excluding hydrogens is 321 g/mol. The Kier molecular flexibility index (Phi) is 4.40. The van der Waals surface area contributed by atoms with E-state index in [1.165, 1.54) is 12.4 Å². The summed E-state index contributed by atoms with van der Waals surface area (Å²) in [6, 6.07) is 4.14. The molecule has 0 spiro atoms. The fourth-order valence-corrected chi connectivity index (χ4v) is 2.51. The quantitative estimate of drug-likeness (QED) is 0.847. The molecule has 0 saturated heterocycles. The first kappa shape index (κ1) is 16.6. The third kappa shape index (κ3) is 3.81. The van der Waals surface area contributed by atoms with Gasteiger partial charge in [-0.3, -0.25) is 4.98 Å². The van der Waals surface area contributed by atoms with Gasteiger partial charge in [-0.15, -0.1) is 0 Å². The van der Waals surface area contributed by atoms with Crippen molar-refractivity contribution in [3.8, 4) is 11.4 Å². The number of rotatable bonds is 6. The van der Waals surface area contributed by atoms with Crippen LogP contribution in [-0.4, -0.2) is 33.2 Å². The number of nitrogens with one attached hydrogen (secondary N) is 1. The topological polar surface area (TPSA) is 70.9 Å². The molecule has 128 valence electrons. The SMILES string of the molecule is OCCC1(CNc2cc(C(F)(F)F)nc(-c3cccnc3)n2)CC1. The lowest BCUT2D eigenvalue weighted by Gasteiger charge is -2.16. The zero-order valence-corrected chi connectivity index (χ0v) is 12.8. The number of hydrogen-bond acceptors (Lipinski definition) is 5. The van der Waals surface area contributed by atoms with Crippen LogP contribution in [0.15, 0.2) is 30.6 Å². The summed E-state index contributed by atoms with van der Waals surface area (Å²) in [4.78, 5) is 11.7. The van der Waals surface area contributed by atoms with Gasteiger partial charge in [-0.1, -0.05) is 0 Å². The number of aliphatic hydroxyl groups is 1. The Labute approximate surface area is 137 Å². The average Bonchev–Trinajstić information content (AvgIpc) is 3.33. The van der Waals surface area contributed by atoms with Gasteiger partial charge in [-0.25, -0.2) is 9.97 Å². The van der Waals surface area contributed by atoms with E-state index in [0.29, 0.717) is 18.5 Å². The molecule has 1 aliphatic rings. The van der Waals surface area contributed by atoms with Crippen molar-refractivity contribution in [2.45, 2.75) is 25.4 Å². The van der Waals surface area contributed by atoms with E-state index in [0.717, 1.165) is 18.9 Å². The first-order chi connectivity index (χ1) is 11.4. The van der Waals surface area contributed by atoms with Crippen LogP contribution >= 0.6 is 0 Å². The number of aliphatic hydroxyl groups excluding tert-OH is 1. The Bertz CT molecular complexity index is 702. The number of aromatic nitrogens is 3. The minimum absolute atomic E-state index is 0.0209. The van der Waals surface area contributed by atoms with Gasteiger partial charge in [0, 0.05) is 37.2 Å². The van der Waals surface area contributed by atoms with E-state index in [1.807, 2.05) is 0 Å². The monoisotopic (exact) mass is 338 g/mol. The molecule has 0 bridgehead atoms. The number of alkyl halides is 3. The van der Waals surface area contributed by atoms with Crippen LogP contribution in [0.4, 0.5) is 19.0 Å². The number of anilines is 1. The van der Waals surface area contributed by atoms with Crippen LogP contribution in [0.3, 0.4) is 0 Å². The zero-order chi connectivity index (χ0) is 17.2. The Morgan fingerprint density at radius 1 is 1.25 bits per heavy atom. The maximum atomic E-state index is 13.1. The van der Waals surface area contributed by atoms with Gasteiger partial charge in [-0.05, 0) is 36.8 Å². The summed E-state index contributed by atoms with van der Waals surface area (Å²) in [5.41, 5.74) is -0.610. The molecule has 0 unspecified atom stereocenters. The maximum absolute atomic E-state index is 13.1. The molecule has 5 nitrogen and oxygen atoms in total. The van der Waals surface area contributed by atoms with Crippen LogP contribution < -0.4 is 5.32 Å². The van der Waals surface area contributed by atoms with Crippen LogP contribution in [0.1, 0.15) is 25.0 Å². The van der Waals surface area contributed by atoms with E-state index >= 15 is 0 Å². The van der Waals surface area contributed by atoms with Crippen molar-refractivity contribution < 1.29 is 18.3 Å². The van der Waals surface area contributed by atoms with E-state index in [-0.39, 0.29) is 23.7 Å². The molecule has 3 rings (SSSR count). The smallest absolute Gasteiger partial charge is 0.396 e. The molecule has 24 heavy (non-hydrogen) atoms. The van der Waals surface area contributed by atoms with Gasteiger partial charge in [0.15, 0.2) is 11.5 Å². The summed E-state index contributed by atoms with van der Waals surface area (Å²) in [7, 11) is 0. The molecule has 0 aliphatic heterocycles. The maximum Gasteiger partial charge on any atom is 0.433 e. The van der Waals surface area contributed by atoms with Crippen molar-refractivity contribution in [1.29, 1.82) is 0 Å². The lowest BCUT2D eigenvalue weighted by Crippen LogP contribution is -2.19. The van der Waals surface area contributed by atoms with E-state index in [1.54, 1.807) is 12.1 Å². The van der Waals surface area contributed by atoms with Crippen molar-refractivity contribution in [3.05, 3.63) is 36.3 Å². The summed E-state index contributed by atoms with van der Waals surface area (Å²) in [6.45, 7) is 0.550. The third-order valence-corrected chi connectivity index (χ3v) is 4.18. The van der Waals surface area contributed by atoms with Crippen molar-refractivity contribution >= 4 is 5.82 Å². The molecular formula is C16H17F3N4O. The summed E-state index contributed by atoms with van der Waals surface area (Å²) in [5, 5.41) is 12.0. The van der Waals surface area contributed by atoms with E-state index in [2.05, 4.69) is 20.3 Å².